The van der Waals surface area contributed by atoms with Crippen LogP contribution >= 0.6 is 0 Å². The SMILES string of the molecule is Cc1ccc(C)c(S(=O)(=O)NCC(=O)OCC(=O)Nc2ccc(F)cc2F)c1. The van der Waals surface area contributed by atoms with Crippen LogP contribution in [0.15, 0.2) is 41.3 Å². The summed E-state index contributed by atoms with van der Waals surface area (Å²) >= 11 is 0. The Labute approximate surface area is 160 Å². The second-order valence-electron chi connectivity index (χ2n) is 5.93. The summed E-state index contributed by atoms with van der Waals surface area (Å²) in [6.07, 6.45) is 0. The van der Waals surface area contributed by atoms with Crippen molar-refractivity contribution in [1.29, 1.82) is 0 Å². The molecular weight excluding hydrogens is 394 g/mol. The van der Waals surface area contributed by atoms with Gasteiger partial charge in [0.15, 0.2) is 6.61 Å². The summed E-state index contributed by atoms with van der Waals surface area (Å²) in [6.45, 7) is 1.90. The smallest absolute Gasteiger partial charge is 0.321 e. The molecule has 2 N–H and O–H groups in total. The van der Waals surface area contributed by atoms with Crippen LogP contribution < -0.4 is 10.0 Å². The zero-order chi connectivity index (χ0) is 20.9. The van der Waals surface area contributed by atoms with Crippen molar-refractivity contribution in [1.82, 2.24) is 4.72 Å². The Bertz CT molecular complexity index is 1010. The summed E-state index contributed by atoms with van der Waals surface area (Å²) in [5.41, 5.74) is 0.962. The molecule has 0 aliphatic rings. The third-order valence-electron chi connectivity index (χ3n) is 3.61. The lowest BCUT2D eigenvalue weighted by molar-refractivity contribution is -0.146. The van der Waals surface area contributed by atoms with Gasteiger partial charge in [-0.15, -0.1) is 0 Å². The fourth-order valence-electron chi connectivity index (χ4n) is 2.20. The van der Waals surface area contributed by atoms with Crippen molar-refractivity contribution in [3.05, 3.63) is 59.2 Å². The van der Waals surface area contributed by atoms with E-state index >= 15 is 0 Å². The lowest BCUT2D eigenvalue weighted by Gasteiger charge is -2.10. The Balaban J connectivity index is 1.86. The molecule has 2 rings (SSSR count). The maximum absolute atomic E-state index is 13.4. The van der Waals surface area contributed by atoms with E-state index in [-0.39, 0.29) is 10.6 Å². The Kier molecular flexibility index (Phi) is 6.81. The van der Waals surface area contributed by atoms with E-state index in [1.807, 2.05) is 0 Å². The van der Waals surface area contributed by atoms with E-state index in [0.29, 0.717) is 11.6 Å². The number of aryl methyl sites for hydroxylation is 2. The summed E-state index contributed by atoms with van der Waals surface area (Å²) < 4.78 is 57.6. The molecule has 28 heavy (non-hydrogen) atoms. The molecule has 7 nitrogen and oxygen atoms in total. The van der Waals surface area contributed by atoms with Crippen LogP contribution in [0.25, 0.3) is 0 Å². The van der Waals surface area contributed by atoms with Gasteiger partial charge in [-0.3, -0.25) is 9.59 Å². The van der Waals surface area contributed by atoms with E-state index in [4.69, 9.17) is 0 Å². The summed E-state index contributed by atoms with van der Waals surface area (Å²) in [7, 11) is -3.94. The highest BCUT2D eigenvalue weighted by molar-refractivity contribution is 7.89. The van der Waals surface area contributed by atoms with Gasteiger partial charge in [-0.05, 0) is 43.2 Å². The molecule has 0 unspecified atom stereocenters. The third-order valence-corrected chi connectivity index (χ3v) is 5.15. The van der Waals surface area contributed by atoms with Crippen LogP contribution in [-0.4, -0.2) is 33.4 Å². The molecule has 1 amide bonds. The Morgan fingerprint density at radius 1 is 1.07 bits per heavy atom. The summed E-state index contributed by atoms with van der Waals surface area (Å²) in [5, 5.41) is 2.11. The second-order valence-corrected chi connectivity index (χ2v) is 7.66. The Morgan fingerprint density at radius 2 is 1.79 bits per heavy atom. The first-order valence-corrected chi connectivity index (χ1v) is 9.54. The van der Waals surface area contributed by atoms with Crippen LogP contribution in [-0.2, 0) is 24.3 Å². The van der Waals surface area contributed by atoms with Crippen LogP contribution in [0.3, 0.4) is 0 Å². The first kappa shape index (κ1) is 21.5. The third kappa shape index (κ3) is 5.83. The predicted octanol–water partition coefficient (Wildman–Crippen LogP) is 2.04. The number of carbonyl (C=O) groups is 2. The first-order valence-electron chi connectivity index (χ1n) is 8.06. The minimum absolute atomic E-state index is 0.0322. The molecule has 0 aromatic heterocycles. The predicted molar refractivity (Wildman–Crippen MR) is 97.1 cm³/mol. The lowest BCUT2D eigenvalue weighted by Crippen LogP contribution is -2.32. The number of hydrogen-bond acceptors (Lipinski definition) is 5. The molecule has 150 valence electrons. The monoisotopic (exact) mass is 412 g/mol. The number of benzene rings is 2. The number of rotatable bonds is 7. The molecule has 2 aromatic rings. The van der Waals surface area contributed by atoms with E-state index in [9.17, 15) is 26.8 Å². The molecule has 0 saturated carbocycles. The lowest BCUT2D eigenvalue weighted by atomic mass is 10.2. The fourth-order valence-corrected chi connectivity index (χ4v) is 3.50. The topological polar surface area (TPSA) is 102 Å². The van der Waals surface area contributed by atoms with Gasteiger partial charge in [0.2, 0.25) is 10.0 Å². The number of sulfonamides is 1. The minimum atomic E-state index is -3.94. The molecule has 0 fully saturated rings. The van der Waals surface area contributed by atoms with E-state index < -0.39 is 46.7 Å². The quantitative estimate of drug-likeness (QED) is 0.678. The number of amides is 1. The van der Waals surface area contributed by atoms with Crippen molar-refractivity contribution in [2.75, 3.05) is 18.5 Å². The van der Waals surface area contributed by atoms with Crippen molar-refractivity contribution >= 4 is 27.6 Å². The van der Waals surface area contributed by atoms with Crippen molar-refractivity contribution in [2.45, 2.75) is 18.7 Å². The highest BCUT2D eigenvalue weighted by Gasteiger charge is 2.19. The Morgan fingerprint density at radius 3 is 2.46 bits per heavy atom. The first-order chi connectivity index (χ1) is 13.1. The zero-order valence-corrected chi connectivity index (χ0v) is 15.9. The average molecular weight is 412 g/mol. The maximum atomic E-state index is 13.4. The fraction of sp³-hybridized carbons (Fsp3) is 0.222. The molecule has 0 aliphatic heterocycles. The molecule has 0 radical (unpaired) electrons. The standard InChI is InChI=1S/C18H18F2N2O5S/c1-11-3-4-12(2)16(7-11)28(25,26)21-9-18(24)27-10-17(23)22-15-6-5-13(19)8-14(15)20/h3-8,21H,9-10H2,1-2H3,(H,22,23). The van der Waals surface area contributed by atoms with Gasteiger partial charge in [0.25, 0.3) is 5.91 Å². The van der Waals surface area contributed by atoms with Crippen molar-refractivity contribution in [2.24, 2.45) is 0 Å². The van der Waals surface area contributed by atoms with Crippen LogP contribution in [0.5, 0.6) is 0 Å². The van der Waals surface area contributed by atoms with Crippen molar-refractivity contribution in [3.8, 4) is 0 Å². The van der Waals surface area contributed by atoms with Gasteiger partial charge in [0, 0.05) is 6.07 Å². The van der Waals surface area contributed by atoms with Crippen molar-refractivity contribution < 1.29 is 31.5 Å². The molecule has 0 aliphatic carbocycles. The molecule has 0 heterocycles. The van der Waals surface area contributed by atoms with E-state index in [1.54, 1.807) is 26.0 Å². The second kappa shape index (κ2) is 8.89. The van der Waals surface area contributed by atoms with Crippen LogP contribution in [0.1, 0.15) is 11.1 Å². The van der Waals surface area contributed by atoms with Gasteiger partial charge in [-0.1, -0.05) is 12.1 Å². The molecular formula is C18H18F2N2O5S. The number of carbonyl (C=O) groups excluding carboxylic acids is 2. The number of anilines is 1. The van der Waals surface area contributed by atoms with Crippen LogP contribution in [0.2, 0.25) is 0 Å². The van der Waals surface area contributed by atoms with Crippen molar-refractivity contribution in [3.63, 3.8) is 0 Å². The highest BCUT2D eigenvalue weighted by atomic mass is 32.2. The number of nitrogens with one attached hydrogen (secondary N) is 2. The average Bonchev–Trinajstić information content (AvgIpc) is 2.62. The highest BCUT2D eigenvalue weighted by Crippen LogP contribution is 2.16. The van der Waals surface area contributed by atoms with E-state index in [0.717, 1.165) is 17.7 Å². The molecule has 0 spiro atoms. The van der Waals surface area contributed by atoms with Crippen LogP contribution in [0, 0.1) is 25.5 Å². The molecule has 2 aromatic carbocycles. The minimum Gasteiger partial charge on any atom is -0.455 e. The number of esters is 1. The normalized spacial score (nSPS) is 11.1. The molecule has 10 heteroatoms. The summed E-state index contributed by atoms with van der Waals surface area (Å²) in [6, 6.07) is 7.42. The van der Waals surface area contributed by atoms with Gasteiger partial charge in [0.05, 0.1) is 10.6 Å². The maximum Gasteiger partial charge on any atom is 0.321 e. The summed E-state index contributed by atoms with van der Waals surface area (Å²) in [5.74, 6) is -3.65. The van der Waals surface area contributed by atoms with E-state index in [1.165, 1.54) is 6.07 Å². The Hall–Kier alpha value is -2.85. The number of hydrogen-bond donors (Lipinski definition) is 2. The van der Waals surface area contributed by atoms with Gasteiger partial charge in [-0.25, -0.2) is 17.2 Å². The molecule has 0 bridgehead atoms. The van der Waals surface area contributed by atoms with Gasteiger partial charge in [-0.2, -0.15) is 4.72 Å². The van der Waals surface area contributed by atoms with Gasteiger partial charge < -0.3 is 10.1 Å². The zero-order valence-electron chi connectivity index (χ0n) is 15.1. The van der Waals surface area contributed by atoms with Crippen LogP contribution in [0.4, 0.5) is 14.5 Å². The van der Waals surface area contributed by atoms with Gasteiger partial charge >= 0.3 is 5.97 Å². The van der Waals surface area contributed by atoms with E-state index in [2.05, 4.69) is 14.8 Å². The molecule has 0 atom stereocenters. The molecule has 0 saturated heterocycles. The number of ether oxygens (including phenoxy) is 1. The van der Waals surface area contributed by atoms with Gasteiger partial charge in [0.1, 0.15) is 18.2 Å². The largest absolute Gasteiger partial charge is 0.455 e. The summed E-state index contributed by atoms with van der Waals surface area (Å²) in [4.78, 5) is 23.4. The number of halogens is 2.